The molecule has 1 fully saturated rings. The van der Waals surface area contributed by atoms with E-state index in [0.29, 0.717) is 31.4 Å². The fraction of sp³-hybridized carbons (Fsp3) is 0.381. The van der Waals surface area contributed by atoms with Gasteiger partial charge in [0.05, 0.1) is 10.9 Å². The molecule has 0 spiro atoms. The van der Waals surface area contributed by atoms with Crippen molar-refractivity contribution in [2.45, 2.75) is 49.6 Å². The molecule has 2 aromatic carbocycles. The molecule has 0 heterocycles. The molecule has 29 heavy (non-hydrogen) atoms. The van der Waals surface area contributed by atoms with Crippen molar-refractivity contribution in [3.8, 4) is 0 Å². The van der Waals surface area contributed by atoms with Crippen molar-refractivity contribution in [2.75, 3.05) is 5.73 Å². The second-order valence-electron chi connectivity index (χ2n) is 7.52. The van der Waals surface area contributed by atoms with E-state index in [2.05, 4.69) is 10.0 Å². The van der Waals surface area contributed by atoms with E-state index in [1.165, 1.54) is 24.3 Å². The summed E-state index contributed by atoms with van der Waals surface area (Å²) in [6, 6.07) is 11.8. The fourth-order valence-corrected chi connectivity index (χ4v) is 4.97. The first-order valence-corrected chi connectivity index (χ1v) is 11.2. The van der Waals surface area contributed by atoms with Gasteiger partial charge in [0.2, 0.25) is 15.9 Å². The summed E-state index contributed by atoms with van der Waals surface area (Å²) in [5, 5.41) is 2.97. The molecule has 0 aromatic heterocycles. The summed E-state index contributed by atoms with van der Waals surface area (Å²) in [7, 11) is -3.64. The molecular weight excluding hydrogens is 393 g/mol. The lowest BCUT2D eigenvalue weighted by molar-refractivity contribution is -0.126. The third-order valence-corrected chi connectivity index (χ3v) is 6.84. The minimum absolute atomic E-state index is 0.0565. The first-order valence-electron chi connectivity index (χ1n) is 9.68. The van der Waals surface area contributed by atoms with Gasteiger partial charge in [-0.1, -0.05) is 18.2 Å². The maximum atomic E-state index is 13.0. The number of nitrogen functional groups attached to an aromatic ring is 1. The normalized spacial score (nSPS) is 20.8. The van der Waals surface area contributed by atoms with Gasteiger partial charge in [0.15, 0.2) is 0 Å². The van der Waals surface area contributed by atoms with Crippen molar-refractivity contribution in [1.82, 2.24) is 10.0 Å². The topological polar surface area (TPSA) is 101 Å². The molecule has 1 aliphatic carbocycles. The highest BCUT2D eigenvalue weighted by molar-refractivity contribution is 7.89. The molecule has 1 saturated carbocycles. The Hall–Kier alpha value is -2.45. The molecule has 2 aromatic rings. The van der Waals surface area contributed by atoms with Crippen molar-refractivity contribution < 1.29 is 17.6 Å². The number of rotatable bonds is 6. The summed E-state index contributed by atoms with van der Waals surface area (Å²) >= 11 is 0. The number of carbonyl (C=O) groups excluding carboxylic acids is 1. The van der Waals surface area contributed by atoms with Crippen LogP contribution in [0.15, 0.2) is 53.4 Å². The van der Waals surface area contributed by atoms with Crippen LogP contribution in [-0.2, 0) is 14.8 Å². The molecule has 156 valence electrons. The molecule has 1 amide bonds. The van der Waals surface area contributed by atoms with E-state index in [0.717, 1.165) is 5.56 Å². The lowest BCUT2D eigenvalue weighted by Crippen LogP contribution is -2.41. The number of halogens is 1. The predicted octanol–water partition coefficient (Wildman–Crippen LogP) is 3.12. The van der Waals surface area contributed by atoms with Gasteiger partial charge in [-0.05, 0) is 68.5 Å². The van der Waals surface area contributed by atoms with E-state index in [-0.39, 0.29) is 34.6 Å². The minimum atomic E-state index is -3.64. The molecule has 1 atom stereocenters. The Balaban J connectivity index is 1.52. The number of carbonyl (C=O) groups is 1. The van der Waals surface area contributed by atoms with Crippen molar-refractivity contribution in [1.29, 1.82) is 0 Å². The molecule has 1 unspecified atom stereocenters. The first kappa shape index (κ1) is 21.3. The monoisotopic (exact) mass is 419 g/mol. The van der Waals surface area contributed by atoms with Crippen LogP contribution in [0.2, 0.25) is 0 Å². The zero-order valence-electron chi connectivity index (χ0n) is 16.3. The van der Waals surface area contributed by atoms with Crippen molar-refractivity contribution in [2.24, 2.45) is 5.92 Å². The highest BCUT2D eigenvalue weighted by Gasteiger charge is 2.29. The summed E-state index contributed by atoms with van der Waals surface area (Å²) < 4.78 is 40.8. The van der Waals surface area contributed by atoms with E-state index >= 15 is 0 Å². The van der Waals surface area contributed by atoms with Gasteiger partial charge in [-0.2, -0.15) is 0 Å². The SMILES string of the molecule is CC(NC(=O)C1CCC(NS(=O)(=O)c2cccc(N)c2)CC1)c1ccc(F)cc1. The van der Waals surface area contributed by atoms with E-state index in [9.17, 15) is 17.6 Å². The van der Waals surface area contributed by atoms with Gasteiger partial charge in [-0.15, -0.1) is 0 Å². The molecule has 0 saturated heterocycles. The Kier molecular flexibility index (Phi) is 6.54. The summed E-state index contributed by atoms with van der Waals surface area (Å²) in [4.78, 5) is 12.7. The highest BCUT2D eigenvalue weighted by Crippen LogP contribution is 2.27. The van der Waals surface area contributed by atoms with Crippen LogP contribution in [0.1, 0.15) is 44.2 Å². The molecule has 1 aliphatic rings. The van der Waals surface area contributed by atoms with Crippen LogP contribution in [0.25, 0.3) is 0 Å². The fourth-order valence-electron chi connectivity index (χ4n) is 3.61. The van der Waals surface area contributed by atoms with Gasteiger partial charge in [-0.3, -0.25) is 4.79 Å². The van der Waals surface area contributed by atoms with Gasteiger partial charge in [0.25, 0.3) is 0 Å². The number of amides is 1. The Bertz CT molecular complexity index is 955. The molecular formula is C21H26FN3O3S. The average molecular weight is 420 g/mol. The lowest BCUT2D eigenvalue weighted by Gasteiger charge is -2.29. The number of hydrogen-bond donors (Lipinski definition) is 3. The largest absolute Gasteiger partial charge is 0.399 e. The quantitative estimate of drug-likeness (QED) is 0.626. The number of sulfonamides is 1. The average Bonchev–Trinajstić information content (AvgIpc) is 2.68. The Labute approximate surface area is 170 Å². The summed E-state index contributed by atoms with van der Waals surface area (Å²) in [6.07, 6.45) is 2.38. The zero-order chi connectivity index (χ0) is 21.0. The second-order valence-corrected chi connectivity index (χ2v) is 9.24. The Morgan fingerprint density at radius 2 is 1.76 bits per heavy atom. The Morgan fingerprint density at radius 3 is 2.38 bits per heavy atom. The molecule has 4 N–H and O–H groups in total. The number of nitrogens with two attached hydrogens (primary N) is 1. The van der Waals surface area contributed by atoms with E-state index < -0.39 is 10.0 Å². The van der Waals surface area contributed by atoms with E-state index in [1.54, 1.807) is 24.3 Å². The molecule has 0 radical (unpaired) electrons. The number of anilines is 1. The van der Waals surface area contributed by atoms with Gasteiger partial charge in [-0.25, -0.2) is 17.5 Å². The van der Waals surface area contributed by atoms with Crippen LogP contribution in [-0.4, -0.2) is 20.4 Å². The summed E-state index contributed by atoms with van der Waals surface area (Å²) in [6.45, 7) is 1.86. The van der Waals surface area contributed by atoms with Gasteiger partial charge in [0, 0.05) is 17.6 Å². The van der Waals surface area contributed by atoms with Crippen LogP contribution in [0, 0.1) is 11.7 Å². The van der Waals surface area contributed by atoms with Gasteiger partial charge >= 0.3 is 0 Å². The molecule has 8 heteroatoms. The van der Waals surface area contributed by atoms with Crippen LogP contribution in [0.3, 0.4) is 0 Å². The first-order chi connectivity index (χ1) is 13.7. The Morgan fingerprint density at radius 1 is 1.10 bits per heavy atom. The smallest absolute Gasteiger partial charge is 0.240 e. The number of nitrogens with one attached hydrogen (secondary N) is 2. The summed E-state index contributed by atoms with van der Waals surface area (Å²) in [5.41, 5.74) is 6.90. The zero-order valence-corrected chi connectivity index (χ0v) is 17.1. The maximum absolute atomic E-state index is 13.0. The van der Waals surface area contributed by atoms with Gasteiger partial charge < -0.3 is 11.1 Å². The molecule has 3 rings (SSSR count). The lowest BCUT2D eigenvalue weighted by atomic mass is 9.85. The minimum Gasteiger partial charge on any atom is -0.399 e. The van der Waals surface area contributed by atoms with Crippen molar-refractivity contribution in [3.05, 3.63) is 59.9 Å². The highest BCUT2D eigenvalue weighted by atomic mass is 32.2. The predicted molar refractivity (Wildman–Crippen MR) is 110 cm³/mol. The third kappa shape index (κ3) is 5.55. The van der Waals surface area contributed by atoms with Crippen LogP contribution in [0.4, 0.5) is 10.1 Å². The number of benzene rings is 2. The molecule has 0 bridgehead atoms. The maximum Gasteiger partial charge on any atom is 0.240 e. The van der Waals surface area contributed by atoms with Gasteiger partial charge in [0.1, 0.15) is 5.82 Å². The second kappa shape index (κ2) is 8.92. The van der Waals surface area contributed by atoms with Crippen LogP contribution >= 0.6 is 0 Å². The summed E-state index contributed by atoms with van der Waals surface area (Å²) in [5.74, 6) is -0.531. The van der Waals surface area contributed by atoms with Crippen molar-refractivity contribution >= 4 is 21.6 Å². The van der Waals surface area contributed by atoms with Crippen molar-refractivity contribution in [3.63, 3.8) is 0 Å². The van der Waals surface area contributed by atoms with Crippen LogP contribution < -0.4 is 15.8 Å². The number of hydrogen-bond acceptors (Lipinski definition) is 4. The van der Waals surface area contributed by atoms with Crippen LogP contribution in [0.5, 0.6) is 0 Å². The standard InChI is InChI=1S/C21H26FN3O3S/c1-14(15-5-9-17(22)10-6-15)24-21(26)16-7-11-19(12-8-16)25-29(27,28)20-4-2-3-18(23)13-20/h2-6,9-10,13-14,16,19,25H,7-8,11-12,23H2,1H3,(H,24,26). The van der Waals surface area contributed by atoms with E-state index in [1.807, 2.05) is 6.92 Å². The molecule has 6 nitrogen and oxygen atoms in total. The molecule has 0 aliphatic heterocycles. The third-order valence-electron chi connectivity index (χ3n) is 5.32. The van der Waals surface area contributed by atoms with E-state index in [4.69, 9.17) is 5.73 Å².